The summed E-state index contributed by atoms with van der Waals surface area (Å²) in [6, 6.07) is 1.82. The zero-order valence-electron chi connectivity index (χ0n) is 12.6. The summed E-state index contributed by atoms with van der Waals surface area (Å²) in [5, 5.41) is 4.95. The van der Waals surface area contributed by atoms with Gasteiger partial charge in [0.1, 0.15) is 4.21 Å². The van der Waals surface area contributed by atoms with E-state index < -0.39 is 10.0 Å². The van der Waals surface area contributed by atoms with Crippen LogP contribution >= 0.6 is 11.3 Å². The Bertz CT molecular complexity index is 597. The van der Waals surface area contributed by atoms with Crippen molar-refractivity contribution in [2.45, 2.75) is 49.4 Å². The lowest BCUT2D eigenvalue weighted by atomic mass is 9.84. The van der Waals surface area contributed by atoms with E-state index in [4.69, 9.17) is 0 Å². The smallest absolute Gasteiger partial charge is 0.250 e. The van der Waals surface area contributed by atoms with E-state index in [1.807, 2.05) is 19.4 Å². The number of fused-ring (bicyclic) bond motifs is 2. The summed E-state index contributed by atoms with van der Waals surface area (Å²) < 4.78 is 28.4. The van der Waals surface area contributed by atoms with Crippen molar-refractivity contribution in [1.29, 1.82) is 0 Å². The summed E-state index contributed by atoms with van der Waals surface area (Å²) in [6.45, 7) is 2.74. The lowest BCUT2D eigenvalue weighted by Gasteiger charge is -2.28. The third kappa shape index (κ3) is 3.18. The van der Waals surface area contributed by atoms with Crippen LogP contribution in [0.15, 0.2) is 15.7 Å². The number of nitrogens with one attached hydrogen (secondary N) is 2. The van der Waals surface area contributed by atoms with Gasteiger partial charge < -0.3 is 5.32 Å². The van der Waals surface area contributed by atoms with Crippen molar-refractivity contribution < 1.29 is 8.42 Å². The number of rotatable bonds is 6. The molecule has 4 unspecified atom stereocenters. The van der Waals surface area contributed by atoms with Crippen LogP contribution in [0.5, 0.6) is 0 Å². The Morgan fingerprint density at radius 2 is 2.19 bits per heavy atom. The van der Waals surface area contributed by atoms with Gasteiger partial charge in [-0.05, 0) is 68.0 Å². The Balaban J connectivity index is 1.67. The van der Waals surface area contributed by atoms with Crippen molar-refractivity contribution in [2.24, 2.45) is 17.8 Å². The minimum absolute atomic E-state index is 0.0418. The summed E-state index contributed by atoms with van der Waals surface area (Å²) >= 11 is 1.31. The zero-order valence-corrected chi connectivity index (χ0v) is 14.3. The maximum absolute atomic E-state index is 12.5. The first-order valence-corrected chi connectivity index (χ1v) is 10.1. The molecule has 0 saturated heterocycles. The van der Waals surface area contributed by atoms with Crippen LogP contribution in [0.1, 0.15) is 38.2 Å². The quantitative estimate of drug-likeness (QED) is 0.844. The van der Waals surface area contributed by atoms with Crippen molar-refractivity contribution in [3.05, 3.63) is 17.0 Å². The fourth-order valence-corrected chi connectivity index (χ4v) is 6.61. The highest BCUT2D eigenvalue weighted by Crippen LogP contribution is 2.49. The highest BCUT2D eigenvalue weighted by atomic mass is 32.2. The van der Waals surface area contributed by atoms with Crippen LogP contribution in [-0.2, 0) is 16.6 Å². The van der Waals surface area contributed by atoms with E-state index in [0.717, 1.165) is 17.4 Å². The second kappa shape index (κ2) is 5.99. The van der Waals surface area contributed by atoms with Crippen molar-refractivity contribution in [3.63, 3.8) is 0 Å². The third-order valence-electron chi connectivity index (χ3n) is 5.05. The molecule has 2 saturated carbocycles. The second-order valence-electron chi connectivity index (χ2n) is 6.55. The second-order valence-corrected chi connectivity index (χ2v) is 9.41. The van der Waals surface area contributed by atoms with Gasteiger partial charge in [0, 0.05) is 12.6 Å². The van der Waals surface area contributed by atoms with Gasteiger partial charge >= 0.3 is 0 Å². The van der Waals surface area contributed by atoms with Crippen molar-refractivity contribution in [3.8, 4) is 0 Å². The average molecular weight is 329 g/mol. The molecule has 4 atom stereocenters. The molecule has 0 radical (unpaired) electrons. The first-order chi connectivity index (χ1) is 9.99. The molecule has 1 heterocycles. The van der Waals surface area contributed by atoms with E-state index in [1.165, 1.54) is 37.0 Å². The molecule has 0 spiro atoms. The molecule has 21 heavy (non-hydrogen) atoms. The first kappa shape index (κ1) is 15.5. The minimum atomic E-state index is -3.37. The normalized spacial score (nSPS) is 29.9. The van der Waals surface area contributed by atoms with Crippen LogP contribution in [0.25, 0.3) is 0 Å². The van der Waals surface area contributed by atoms with Crippen molar-refractivity contribution in [1.82, 2.24) is 10.0 Å². The molecule has 0 amide bonds. The summed E-state index contributed by atoms with van der Waals surface area (Å²) in [6.07, 6.45) is 5.14. The van der Waals surface area contributed by atoms with Crippen LogP contribution in [0, 0.1) is 17.8 Å². The third-order valence-corrected chi connectivity index (χ3v) is 8.10. The molecule has 2 N–H and O–H groups in total. The summed E-state index contributed by atoms with van der Waals surface area (Å²) in [7, 11) is -1.51. The average Bonchev–Trinajstić information content (AvgIpc) is 3.14. The highest BCUT2D eigenvalue weighted by molar-refractivity contribution is 7.91. The number of hydrogen-bond donors (Lipinski definition) is 2. The van der Waals surface area contributed by atoms with Gasteiger partial charge in [0.2, 0.25) is 10.0 Å². The molecule has 0 aliphatic heterocycles. The Hall–Kier alpha value is -0.430. The topological polar surface area (TPSA) is 58.2 Å². The molecule has 2 aliphatic rings. The number of sulfonamides is 1. The maximum atomic E-state index is 12.5. The molecule has 1 aromatic rings. The van der Waals surface area contributed by atoms with Gasteiger partial charge in [0.05, 0.1) is 0 Å². The molecule has 4 nitrogen and oxygen atoms in total. The predicted molar refractivity (Wildman–Crippen MR) is 85.8 cm³/mol. The lowest BCUT2D eigenvalue weighted by Crippen LogP contribution is -2.39. The van der Waals surface area contributed by atoms with E-state index in [-0.39, 0.29) is 6.04 Å². The molecule has 6 heteroatoms. The van der Waals surface area contributed by atoms with Gasteiger partial charge in [-0.2, -0.15) is 0 Å². The molecule has 2 bridgehead atoms. The molecule has 1 aromatic heterocycles. The SMILES string of the molecule is CNCc1csc(S(=O)(=O)NC(C)C2CC3CCC2C3)c1. The van der Waals surface area contributed by atoms with Crippen LogP contribution in [0.2, 0.25) is 0 Å². The van der Waals surface area contributed by atoms with Gasteiger partial charge in [-0.1, -0.05) is 6.42 Å². The molecular formula is C15H24N2O2S2. The molecular weight excluding hydrogens is 304 g/mol. The van der Waals surface area contributed by atoms with Gasteiger partial charge in [0.15, 0.2) is 0 Å². The van der Waals surface area contributed by atoms with E-state index >= 15 is 0 Å². The highest BCUT2D eigenvalue weighted by Gasteiger charge is 2.42. The van der Waals surface area contributed by atoms with E-state index in [2.05, 4.69) is 10.0 Å². The summed E-state index contributed by atoms with van der Waals surface area (Å²) in [5.74, 6) is 2.10. The van der Waals surface area contributed by atoms with Gasteiger partial charge in [-0.25, -0.2) is 13.1 Å². The maximum Gasteiger partial charge on any atom is 0.250 e. The number of thiophene rings is 1. The van der Waals surface area contributed by atoms with Crippen molar-refractivity contribution in [2.75, 3.05) is 7.05 Å². The van der Waals surface area contributed by atoms with Crippen molar-refractivity contribution >= 4 is 21.4 Å². The van der Waals surface area contributed by atoms with Gasteiger partial charge in [-0.15, -0.1) is 11.3 Å². The Labute approximate surface area is 131 Å². The molecule has 0 aromatic carbocycles. The van der Waals surface area contributed by atoms with Gasteiger partial charge in [0.25, 0.3) is 0 Å². The van der Waals surface area contributed by atoms with Crippen LogP contribution in [0.4, 0.5) is 0 Å². The lowest BCUT2D eigenvalue weighted by molar-refractivity contribution is 0.280. The van der Waals surface area contributed by atoms with Crippen LogP contribution in [-0.4, -0.2) is 21.5 Å². The monoisotopic (exact) mass is 328 g/mol. The van der Waals surface area contributed by atoms with Gasteiger partial charge in [-0.3, -0.25) is 0 Å². The van der Waals surface area contributed by atoms with E-state index in [1.54, 1.807) is 6.07 Å². The first-order valence-electron chi connectivity index (χ1n) is 7.74. The molecule has 2 fully saturated rings. The summed E-state index contributed by atoms with van der Waals surface area (Å²) in [5.41, 5.74) is 1.02. The number of hydrogen-bond acceptors (Lipinski definition) is 4. The Kier molecular flexibility index (Phi) is 4.41. The summed E-state index contributed by atoms with van der Waals surface area (Å²) in [4.78, 5) is 0. The van der Waals surface area contributed by atoms with Crippen LogP contribution in [0.3, 0.4) is 0 Å². The van der Waals surface area contributed by atoms with E-state index in [0.29, 0.717) is 16.7 Å². The van der Waals surface area contributed by atoms with E-state index in [9.17, 15) is 8.42 Å². The minimum Gasteiger partial charge on any atom is -0.316 e. The standard InChI is InChI=1S/C15H24N2O2S2/c1-10(14-6-11-3-4-13(14)5-11)17-21(18,19)15-7-12(8-16-2)9-20-15/h7,9-11,13-14,16-17H,3-6,8H2,1-2H3. The largest absolute Gasteiger partial charge is 0.316 e. The zero-order chi connectivity index (χ0) is 15.0. The fraction of sp³-hybridized carbons (Fsp3) is 0.733. The van der Waals surface area contributed by atoms with Crippen LogP contribution < -0.4 is 10.0 Å². The Morgan fingerprint density at radius 1 is 1.38 bits per heavy atom. The Morgan fingerprint density at radius 3 is 2.81 bits per heavy atom. The molecule has 2 aliphatic carbocycles. The fourth-order valence-electron chi connectivity index (χ4n) is 4.09. The predicted octanol–water partition coefficient (Wildman–Crippen LogP) is 2.57. The molecule has 118 valence electrons. The molecule has 3 rings (SSSR count).